The van der Waals surface area contributed by atoms with Crippen LogP contribution >= 0.6 is 0 Å². The number of alkyl halides is 6. The molecule has 38 heavy (non-hydrogen) atoms. The highest BCUT2D eigenvalue weighted by molar-refractivity contribution is 5.93. The molecule has 0 spiro atoms. The molecule has 0 aromatic carbocycles. The highest BCUT2D eigenvalue weighted by Crippen LogP contribution is 2.66. The first-order valence-corrected chi connectivity index (χ1v) is 13.3. The van der Waals surface area contributed by atoms with Crippen molar-refractivity contribution in [2.45, 2.75) is 97.0 Å². The van der Waals surface area contributed by atoms with Crippen LogP contribution in [0.1, 0.15) is 78.6 Å². The van der Waals surface area contributed by atoms with E-state index < -0.39 is 36.3 Å². The van der Waals surface area contributed by atoms with Gasteiger partial charge in [0.25, 0.3) is 6.10 Å². The van der Waals surface area contributed by atoms with E-state index in [9.17, 15) is 45.5 Å². The molecular formula is C27H34F6O5. The van der Waals surface area contributed by atoms with Crippen LogP contribution in [-0.2, 0) is 23.9 Å². The van der Waals surface area contributed by atoms with E-state index >= 15 is 0 Å². The Balaban J connectivity index is 1.47. The van der Waals surface area contributed by atoms with Crippen LogP contribution in [-0.4, -0.2) is 41.8 Å². The number of Topliss-reactive ketones (excluding diaryl/α,β-unsaturated/α-hetero) is 3. The molecular weight excluding hydrogens is 518 g/mol. The molecule has 5 nitrogen and oxygen atoms in total. The molecule has 0 heterocycles. The van der Waals surface area contributed by atoms with Crippen molar-refractivity contribution >= 4 is 23.3 Å². The Morgan fingerprint density at radius 3 is 2.21 bits per heavy atom. The van der Waals surface area contributed by atoms with Gasteiger partial charge in [-0.25, -0.2) is 0 Å². The summed E-state index contributed by atoms with van der Waals surface area (Å²) in [7, 11) is 0. The first-order valence-electron chi connectivity index (χ1n) is 13.3. The fourth-order valence-corrected chi connectivity index (χ4v) is 8.45. The summed E-state index contributed by atoms with van der Waals surface area (Å²) < 4.78 is 80.2. The van der Waals surface area contributed by atoms with Gasteiger partial charge in [0.05, 0.1) is 0 Å². The molecule has 8 atom stereocenters. The third kappa shape index (κ3) is 4.80. The smallest absolute Gasteiger partial charge is 0.434 e. The second kappa shape index (κ2) is 9.61. The van der Waals surface area contributed by atoms with Gasteiger partial charge in [-0.15, -0.1) is 0 Å². The van der Waals surface area contributed by atoms with Crippen molar-refractivity contribution in [3.05, 3.63) is 0 Å². The largest absolute Gasteiger partial charge is 0.443 e. The molecule has 0 unspecified atom stereocenters. The Kier molecular flexibility index (Phi) is 7.35. The number of ether oxygens (including phenoxy) is 1. The van der Waals surface area contributed by atoms with E-state index in [1.807, 2.05) is 6.92 Å². The zero-order valence-electron chi connectivity index (χ0n) is 21.7. The first-order chi connectivity index (χ1) is 17.4. The summed E-state index contributed by atoms with van der Waals surface area (Å²) >= 11 is 0. The van der Waals surface area contributed by atoms with E-state index in [-0.39, 0.29) is 71.1 Å². The summed E-state index contributed by atoms with van der Waals surface area (Å²) in [6.07, 6.45) is -13.2. The Hall–Kier alpha value is -1.94. The molecule has 4 aliphatic rings. The van der Waals surface area contributed by atoms with Gasteiger partial charge < -0.3 is 4.74 Å². The standard InChI is InChI=1S/C27H34F6O5/c1-13(4-7-21(37)38-23(26(28,29)30)27(31,32)33)16-5-6-17-22-18(12-20(36)25(16,17)3)24(2)9-8-15(34)10-14(24)11-19(22)35/h13-14,16-18,22-23H,4-12H2,1-3H3/t13-,14+,16-,17+,18+,22+,24+,25-/m1/s1. The van der Waals surface area contributed by atoms with Gasteiger partial charge in [-0.3, -0.25) is 19.2 Å². The number of ketones is 3. The fourth-order valence-electron chi connectivity index (χ4n) is 8.45. The number of halogens is 6. The van der Waals surface area contributed by atoms with Gasteiger partial charge in [0.15, 0.2) is 0 Å². The van der Waals surface area contributed by atoms with Crippen LogP contribution in [0.3, 0.4) is 0 Å². The fraction of sp³-hybridized carbons (Fsp3) is 0.852. The zero-order chi connectivity index (χ0) is 28.4. The zero-order valence-corrected chi connectivity index (χ0v) is 21.7. The SMILES string of the molecule is C[C@H](CCC(=O)OC(C(F)(F)F)C(F)(F)F)[C@H]1CC[C@H]2[C@@H]3C(=O)C[C@@H]4CC(=O)CC[C@]4(C)[C@H]3CC(=O)[C@]12C. The lowest BCUT2D eigenvalue weighted by Gasteiger charge is -2.58. The quantitative estimate of drug-likeness (QED) is 0.308. The van der Waals surface area contributed by atoms with Crippen LogP contribution < -0.4 is 0 Å². The predicted molar refractivity (Wildman–Crippen MR) is 121 cm³/mol. The van der Waals surface area contributed by atoms with Crippen LogP contribution in [0.25, 0.3) is 0 Å². The van der Waals surface area contributed by atoms with Gasteiger partial charge in [-0.2, -0.15) is 26.3 Å². The van der Waals surface area contributed by atoms with Crippen LogP contribution in [0.4, 0.5) is 26.3 Å². The summed E-state index contributed by atoms with van der Waals surface area (Å²) in [4.78, 5) is 51.2. The molecule has 0 radical (unpaired) electrons. The van der Waals surface area contributed by atoms with E-state index in [0.29, 0.717) is 38.5 Å². The maximum atomic E-state index is 13.7. The Morgan fingerprint density at radius 1 is 0.974 bits per heavy atom. The third-order valence-corrected chi connectivity index (χ3v) is 10.6. The van der Waals surface area contributed by atoms with E-state index in [1.54, 1.807) is 6.92 Å². The summed E-state index contributed by atoms with van der Waals surface area (Å²) in [6, 6.07) is 0. The highest BCUT2D eigenvalue weighted by atomic mass is 19.4. The van der Waals surface area contributed by atoms with E-state index in [1.165, 1.54) is 0 Å². The van der Waals surface area contributed by atoms with Crippen LogP contribution in [0.15, 0.2) is 0 Å². The van der Waals surface area contributed by atoms with Gasteiger partial charge in [-0.1, -0.05) is 20.8 Å². The Labute approximate surface area is 217 Å². The second-order valence-electron chi connectivity index (χ2n) is 12.4. The minimum atomic E-state index is -5.77. The number of hydrogen-bond donors (Lipinski definition) is 0. The molecule has 0 amide bonds. The predicted octanol–water partition coefficient (Wildman–Crippen LogP) is 6.03. The Bertz CT molecular complexity index is 991. The molecule has 0 saturated heterocycles. The number of hydrogen-bond acceptors (Lipinski definition) is 5. The molecule has 0 bridgehead atoms. The van der Waals surface area contributed by atoms with Crippen LogP contribution in [0.2, 0.25) is 0 Å². The van der Waals surface area contributed by atoms with Crippen molar-refractivity contribution in [3.8, 4) is 0 Å². The first kappa shape index (κ1) is 29.1. The maximum Gasteiger partial charge on any atom is 0.434 e. The van der Waals surface area contributed by atoms with Crippen molar-refractivity contribution < 1.29 is 50.3 Å². The number of esters is 1. The van der Waals surface area contributed by atoms with Gasteiger partial charge in [-0.05, 0) is 60.7 Å². The lowest BCUT2D eigenvalue weighted by Crippen LogP contribution is -2.60. The van der Waals surface area contributed by atoms with Gasteiger partial charge >= 0.3 is 18.3 Å². The van der Waals surface area contributed by atoms with Crippen molar-refractivity contribution in [1.82, 2.24) is 0 Å². The molecule has 4 saturated carbocycles. The maximum absolute atomic E-state index is 13.7. The monoisotopic (exact) mass is 552 g/mol. The lowest BCUT2D eigenvalue weighted by atomic mass is 9.44. The molecule has 0 aromatic rings. The second-order valence-corrected chi connectivity index (χ2v) is 12.4. The van der Waals surface area contributed by atoms with Crippen molar-refractivity contribution in [2.75, 3.05) is 0 Å². The molecule has 0 aromatic heterocycles. The van der Waals surface area contributed by atoms with E-state index in [2.05, 4.69) is 11.7 Å². The summed E-state index contributed by atoms with van der Waals surface area (Å²) in [5.74, 6) is -2.70. The minimum absolute atomic E-state index is 0.0152. The number of carbonyl (C=O) groups is 4. The summed E-state index contributed by atoms with van der Waals surface area (Å²) in [5.41, 5.74) is -1.14. The van der Waals surface area contributed by atoms with E-state index in [0.717, 1.165) is 0 Å². The van der Waals surface area contributed by atoms with Gasteiger partial charge in [0.1, 0.15) is 17.3 Å². The highest BCUT2D eigenvalue weighted by Gasteiger charge is 2.66. The Morgan fingerprint density at radius 2 is 1.61 bits per heavy atom. The summed E-state index contributed by atoms with van der Waals surface area (Å²) in [5, 5.41) is 0. The number of carbonyl (C=O) groups excluding carboxylic acids is 4. The number of fused-ring (bicyclic) bond motifs is 5. The van der Waals surface area contributed by atoms with Crippen molar-refractivity contribution in [3.63, 3.8) is 0 Å². The van der Waals surface area contributed by atoms with Crippen LogP contribution in [0.5, 0.6) is 0 Å². The van der Waals surface area contributed by atoms with Gasteiger partial charge in [0.2, 0.25) is 0 Å². The molecule has 214 valence electrons. The average molecular weight is 553 g/mol. The molecule has 11 heteroatoms. The molecule has 4 fully saturated rings. The summed E-state index contributed by atoms with van der Waals surface area (Å²) in [6.45, 7) is 5.67. The van der Waals surface area contributed by atoms with Crippen LogP contribution in [0, 0.1) is 46.3 Å². The third-order valence-electron chi connectivity index (χ3n) is 10.6. The van der Waals surface area contributed by atoms with Crippen molar-refractivity contribution in [2.24, 2.45) is 46.3 Å². The average Bonchev–Trinajstić information content (AvgIpc) is 3.14. The number of rotatable bonds is 5. The molecule has 0 N–H and O–H groups in total. The van der Waals surface area contributed by atoms with E-state index in [4.69, 9.17) is 0 Å². The topological polar surface area (TPSA) is 77.5 Å². The molecule has 4 rings (SSSR count). The normalized spacial score (nSPS) is 38.5. The van der Waals surface area contributed by atoms with Crippen molar-refractivity contribution in [1.29, 1.82) is 0 Å². The molecule has 0 aliphatic heterocycles. The lowest BCUT2D eigenvalue weighted by molar-refractivity contribution is -0.313. The minimum Gasteiger partial charge on any atom is -0.443 e. The van der Waals surface area contributed by atoms with Gasteiger partial charge in [0, 0.05) is 43.4 Å². The molecule has 4 aliphatic carbocycles.